The molecule has 1 amide bonds. The fourth-order valence-electron chi connectivity index (χ4n) is 1.47. The van der Waals surface area contributed by atoms with Crippen molar-refractivity contribution in [2.45, 2.75) is 6.42 Å². The lowest BCUT2D eigenvalue weighted by Crippen LogP contribution is -2.14. The smallest absolute Gasteiger partial charge is 0.255 e. The van der Waals surface area contributed by atoms with Crippen molar-refractivity contribution in [2.75, 3.05) is 19.0 Å². The van der Waals surface area contributed by atoms with E-state index in [4.69, 9.17) is 0 Å². The monoisotopic (exact) mass is 248 g/mol. The number of anilines is 1. The molecule has 0 radical (unpaired) electrons. The molecule has 0 spiro atoms. The lowest BCUT2D eigenvalue weighted by molar-refractivity contribution is -0.122. The summed E-state index contributed by atoms with van der Waals surface area (Å²) in [5.41, 5.74) is 1.87. The van der Waals surface area contributed by atoms with Crippen LogP contribution < -0.4 is 4.90 Å². The SMILES string of the molecule is CN(C)c1ccc(C2=NC(=O)CC(=O)S2)cc1. The largest absolute Gasteiger partial charge is 0.378 e. The highest BCUT2D eigenvalue weighted by molar-refractivity contribution is 8.27. The average molecular weight is 248 g/mol. The lowest BCUT2D eigenvalue weighted by atomic mass is 10.2. The van der Waals surface area contributed by atoms with Gasteiger partial charge in [-0.15, -0.1) is 0 Å². The van der Waals surface area contributed by atoms with E-state index in [1.807, 2.05) is 43.3 Å². The molecule has 0 N–H and O–H groups in total. The van der Waals surface area contributed by atoms with Gasteiger partial charge in [0.1, 0.15) is 5.04 Å². The first kappa shape index (κ1) is 11.9. The molecule has 1 aromatic rings. The molecule has 4 nitrogen and oxygen atoms in total. The molecule has 0 fully saturated rings. The van der Waals surface area contributed by atoms with E-state index in [1.54, 1.807) is 0 Å². The van der Waals surface area contributed by atoms with Gasteiger partial charge in [0.25, 0.3) is 5.91 Å². The summed E-state index contributed by atoms with van der Waals surface area (Å²) in [5, 5.41) is 0.355. The summed E-state index contributed by atoms with van der Waals surface area (Å²) >= 11 is 1.03. The average Bonchev–Trinajstić information content (AvgIpc) is 2.28. The predicted octanol–water partition coefficient (Wildman–Crippen LogP) is 1.69. The highest BCUT2D eigenvalue weighted by atomic mass is 32.2. The molecule has 0 bridgehead atoms. The minimum absolute atomic E-state index is 0.0933. The van der Waals surface area contributed by atoms with Crippen LogP contribution in [0.1, 0.15) is 12.0 Å². The van der Waals surface area contributed by atoms with Gasteiger partial charge in [-0.1, -0.05) is 12.1 Å². The van der Waals surface area contributed by atoms with E-state index in [2.05, 4.69) is 4.99 Å². The number of carbonyl (C=O) groups is 2. The molecule has 0 saturated heterocycles. The van der Waals surface area contributed by atoms with Gasteiger partial charge in [-0.3, -0.25) is 9.59 Å². The summed E-state index contributed by atoms with van der Waals surface area (Å²) in [7, 11) is 3.91. The van der Waals surface area contributed by atoms with Crippen molar-refractivity contribution in [1.82, 2.24) is 0 Å². The highest BCUT2D eigenvalue weighted by Crippen LogP contribution is 2.22. The topological polar surface area (TPSA) is 49.7 Å². The van der Waals surface area contributed by atoms with Crippen LogP contribution in [0.4, 0.5) is 5.69 Å². The number of hydrogen-bond acceptors (Lipinski definition) is 4. The number of amides is 1. The van der Waals surface area contributed by atoms with Gasteiger partial charge >= 0.3 is 0 Å². The molecule has 1 aromatic carbocycles. The number of aliphatic imine (C=N–C) groups is 1. The Bertz CT molecular complexity index is 492. The van der Waals surface area contributed by atoms with E-state index in [0.29, 0.717) is 5.04 Å². The van der Waals surface area contributed by atoms with E-state index < -0.39 is 0 Å². The maximum Gasteiger partial charge on any atom is 0.255 e. The normalized spacial score (nSPS) is 15.8. The third-order valence-corrected chi connectivity index (χ3v) is 3.26. The maximum absolute atomic E-state index is 11.3. The fourth-order valence-corrected chi connectivity index (χ4v) is 2.28. The zero-order valence-corrected chi connectivity index (χ0v) is 10.5. The zero-order chi connectivity index (χ0) is 12.4. The van der Waals surface area contributed by atoms with Gasteiger partial charge in [-0.2, -0.15) is 0 Å². The van der Waals surface area contributed by atoms with Crippen molar-refractivity contribution in [3.8, 4) is 0 Å². The molecular formula is C12H12N2O2S. The second kappa shape index (κ2) is 4.71. The first-order chi connectivity index (χ1) is 8.06. The van der Waals surface area contributed by atoms with E-state index >= 15 is 0 Å². The fraction of sp³-hybridized carbons (Fsp3) is 0.250. The molecular weight excluding hydrogens is 236 g/mol. The number of hydrogen-bond donors (Lipinski definition) is 0. The highest BCUT2D eigenvalue weighted by Gasteiger charge is 2.21. The van der Waals surface area contributed by atoms with Gasteiger partial charge in [-0.05, 0) is 23.9 Å². The van der Waals surface area contributed by atoms with Crippen LogP contribution in [0.3, 0.4) is 0 Å². The van der Waals surface area contributed by atoms with E-state index in [0.717, 1.165) is 23.0 Å². The predicted molar refractivity (Wildman–Crippen MR) is 69.5 cm³/mol. The Morgan fingerprint density at radius 2 is 1.82 bits per heavy atom. The summed E-state index contributed by atoms with van der Waals surface area (Å²) in [6.45, 7) is 0. The molecule has 5 heteroatoms. The van der Waals surface area contributed by atoms with Crippen molar-refractivity contribution in [2.24, 2.45) is 4.99 Å². The van der Waals surface area contributed by atoms with Crippen LogP contribution in [0.25, 0.3) is 0 Å². The molecule has 88 valence electrons. The molecule has 1 aliphatic rings. The minimum atomic E-state index is -0.361. The van der Waals surface area contributed by atoms with Crippen molar-refractivity contribution in [3.05, 3.63) is 29.8 Å². The molecule has 0 saturated carbocycles. The molecule has 0 aliphatic carbocycles. The van der Waals surface area contributed by atoms with Crippen LogP contribution in [0, 0.1) is 0 Å². The number of rotatable bonds is 2. The zero-order valence-electron chi connectivity index (χ0n) is 9.64. The summed E-state index contributed by atoms with van der Waals surface area (Å²) in [5.74, 6) is -0.361. The molecule has 17 heavy (non-hydrogen) atoms. The molecule has 0 atom stereocenters. The number of nitrogens with zero attached hydrogens (tertiary/aromatic N) is 2. The van der Waals surface area contributed by atoms with Crippen LogP contribution in [-0.2, 0) is 9.59 Å². The van der Waals surface area contributed by atoms with Crippen molar-refractivity contribution >= 4 is 33.5 Å². The molecule has 0 aromatic heterocycles. The van der Waals surface area contributed by atoms with Crippen LogP contribution in [0.2, 0.25) is 0 Å². The summed E-state index contributed by atoms with van der Waals surface area (Å²) in [6.07, 6.45) is -0.0933. The van der Waals surface area contributed by atoms with Gasteiger partial charge in [0, 0.05) is 25.3 Å². The van der Waals surface area contributed by atoms with Gasteiger partial charge in [0.2, 0.25) is 5.12 Å². The Labute approximate surface area is 104 Å². The van der Waals surface area contributed by atoms with Crippen molar-refractivity contribution in [3.63, 3.8) is 0 Å². The Hall–Kier alpha value is -1.62. The lowest BCUT2D eigenvalue weighted by Gasteiger charge is -2.14. The Morgan fingerprint density at radius 3 is 2.35 bits per heavy atom. The summed E-state index contributed by atoms with van der Waals surface area (Å²) < 4.78 is 0. The first-order valence-corrected chi connectivity index (χ1v) is 5.98. The standard InChI is InChI=1S/C12H12N2O2S/c1-14(2)9-5-3-8(4-6-9)12-13-10(15)7-11(16)17-12/h3-6H,7H2,1-2H3. The van der Waals surface area contributed by atoms with Gasteiger partial charge in [-0.25, -0.2) is 4.99 Å². The first-order valence-electron chi connectivity index (χ1n) is 5.16. The second-order valence-corrected chi connectivity index (χ2v) is 4.95. The summed E-state index contributed by atoms with van der Waals surface area (Å²) in [4.78, 5) is 28.4. The Balaban J connectivity index is 2.28. The van der Waals surface area contributed by atoms with Crippen LogP contribution in [0.15, 0.2) is 29.3 Å². The third kappa shape index (κ3) is 2.74. The second-order valence-electron chi connectivity index (χ2n) is 3.90. The quantitative estimate of drug-likeness (QED) is 0.747. The minimum Gasteiger partial charge on any atom is -0.378 e. The van der Waals surface area contributed by atoms with Crippen molar-refractivity contribution in [1.29, 1.82) is 0 Å². The van der Waals surface area contributed by atoms with Crippen molar-refractivity contribution < 1.29 is 9.59 Å². The van der Waals surface area contributed by atoms with Gasteiger partial charge in [0.15, 0.2) is 0 Å². The maximum atomic E-state index is 11.3. The van der Waals surface area contributed by atoms with E-state index in [-0.39, 0.29) is 17.4 Å². The third-order valence-electron chi connectivity index (χ3n) is 2.36. The summed E-state index contributed by atoms with van der Waals surface area (Å²) in [6, 6.07) is 7.60. The number of benzene rings is 1. The van der Waals surface area contributed by atoms with E-state index in [9.17, 15) is 9.59 Å². The molecule has 2 rings (SSSR count). The van der Waals surface area contributed by atoms with Gasteiger partial charge in [0.05, 0.1) is 6.42 Å². The van der Waals surface area contributed by atoms with Crippen LogP contribution in [-0.4, -0.2) is 30.2 Å². The molecule has 1 aliphatic heterocycles. The number of thioether (sulfide) groups is 1. The van der Waals surface area contributed by atoms with Crippen LogP contribution in [0.5, 0.6) is 0 Å². The van der Waals surface area contributed by atoms with Crippen LogP contribution >= 0.6 is 11.8 Å². The molecule has 0 unspecified atom stereocenters. The Morgan fingerprint density at radius 1 is 1.18 bits per heavy atom. The molecule has 1 heterocycles. The Kier molecular flexibility index (Phi) is 3.28. The van der Waals surface area contributed by atoms with E-state index in [1.165, 1.54) is 0 Å². The number of carbonyl (C=O) groups excluding carboxylic acids is 2. The van der Waals surface area contributed by atoms with Gasteiger partial charge < -0.3 is 4.90 Å².